The van der Waals surface area contributed by atoms with E-state index in [0.29, 0.717) is 27.4 Å². The Kier molecular flexibility index (Phi) is 5.45. The van der Waals surface area contributed by atoms with Gasteiger partial charge in [0.2, 0.25) is 5.91 Å². The number of thiazole rings is 2. The van der Waals surface area contributed by atoms with Gasteiger partial charge in [-0.1, -0.05) is 11.3 Å². The van der Waals surface area contributed by atoms with Gasteiger partial charge in [0.1, 0.15) is 4.88 Å². The van der Waals surface area contributed by atoms with Crippen molar-refractivity contribution in [3.63, 3.8) is 0 Å². The maximum Gasteiger partial charge on any atom is 0.269 e. The van der Waals surface area contributed by atoms with Gasteiger partial charge >= 0.3 is 0 Å². The number of nitrogens with one attached hydrogen (secondary N) is 1. The van der Waals surface area contributed by atoms with E-state index < -0.39 is 0 Å². The Morgan fingerprint density at radius 3 is 2.80 bits per heavy atom. The van der Waals surface area contributed by atoms with Crippen LogP contribution in [0.1, 0.15) is 40.0 Å². The molecule has 7 nitrogen and oxygen atoms in total. The first-order chi connectivity index (χ1) is 11.9. The zero-order chi connectivity index (χ0) is 18.0. The first-order valence-corrected chi connectivity index (χ1v) is 9.68. The molecule has 1 fully saturated rings. The van der Waals surface area contributed by atoms with Gasteiger partial charge in [-0.3, -0.25) is 19.8 Å². The Hall–Kier alpha value is -1.84. The van der Waals surface area contributed by atoms with Crippen LogP contribution in [0, 0.1) is 13.8 Å². The summed E-state index contributed by atoms with van der Waals surface area (Å²) in [5, 5.41) is 3.87. The Labute approximate surface area is 154 Å². The van der Waals surface area contributed by atoms with E-state index in [-0.39, 0.29) is 17.9 Å². The molecule has 25 heavy (non-hydrogen) atoms. The third-order valence-electron chi connectivity index (χ3n) is 3.85. The molecule has 3 heterocycles. The molecule has 9 heteroatoms. The maximum atomic E-state index is 12.5. The highest BCUT2D eigenvalue weighted by atomic mass is 32.1. The average molecular weight is 380 g/mol. The predicted molar refractivity (Wildman–Crippen MR) is 98.7 cm³/mol. The number of aromatic nitrogens is 2. The Balaban J connectivity index is 1.77. The van der Waals surface area contributed by atoms with E-state index in [1.807, 2.05) is 6.92 Å². The van der Waals surface area contributed by atoms with Crippen LogP contribution in [-0.2, 0) is 9.53 Å². The molecule has 0 spiro atoms. The molecular formula is C16H20N4O3S2. The number of carbonyl (C=O) groups is 2. The minimum absolute atomic E-state index is 0.0312. The van der Waals surface area contributed by atoms with Gasteiger partial charge in [0.05, 0.1) is 18.3 Å². The molecule has 0 aliphatic carbocycles. The van der Waals surface area contributed by atoms with E-state index in [9.17, 15) is 9.59 Å². The minimum atomic E-state index is -0.254. The lowest BCUT2D eigenvalue weighted by Crippen LogP contribution is -2.35. The zero-order valence-electron chi connectivity index (χ0n) is 14.4. The van der Waals surface area contributed by atoms with Gasteiger partial charge in [0.15, 0.2) is 10.3 Å². The second-order valence-corrected chi connectivity index (χ2v) is 8.12. The highest BCUT2D eigenvalue weighted by Crippen LogP contribution is 2.29. The summed E-state index contributed by atoms with van der Waals surface area (Å²) >= 11 is 2.63. The third kappa shape index (κ3) is 4.23. The fourth-order valence-corrected chi connectivity index (χ4v) is 4.28. The van der Waals surface area contributed by atoms with Gasteiger partial charge in [-0.15, -0.1) is 11.3 Å². The molecule has 1 aliphatic rings. The molecular weight excluding hydrogens is 360 g/mol. The molecule has 0 radical (unpaired) electrons. The molecule has 2 amide bonds. The Morgan fingerprint density at radius 2 is 2.20 bits per heavy atom. The molecule has 0 unspecified atom stereocenters. The summed E-state index contributed by atoms with van der Waals surface area (Å²) in [6.07, 6.45) is 3.69. The topological polar surface area (TPSA) is 84.4 Å². The number of carbonyl (C=O) groups excluding carboxylic acids is 2. The van der Waals surface area contributed by atoms with Crippen LogP contribution in [0.3, 0.4) is 0 Å². The van der Waals surface area contributed by atoms with Crippen LogP contribution >= 0.6 is 22.7 Å². The number of anilines is 2. The van der Waals surface area contributed by atoms with Crippen LogP contribution in [0.2, 0.25) is 0 Å². The van der Waals surface area contributed by atoms with Crippen LogP contribution in [0.4, 0.5) is 10.3 Å². The molecule has 1 saturated heterocycles. The molecule has 0 bridgehead atoms. The van der Waals surface area contributed by atoms with Gasteiger partial charge in [-0.05, 0) is 26.7 Å². The molecule has 0 saturated carbocycles. The van der Waals surface area contributed by atoms with Crippen LogP contribution < -0.4 is 10.2 Å². The summed E-state index contributed by atoms with van der Waals surface area (Å²) in [4.78, 5) is 36.2. The van der Waals surface area contributed by atoms with Crippen LogP contribution in [0.15, 0.2) is 6.20 Å². The molecule has 1 aliphatic heterocycles. The minimum Gasteiger partial charge on any atom is -0.376 e. The van der Waals surface area contributed by atoms with Gasteiger partial charge in [-0.25, -0.2) is 9.97 Å². The van der Waals surface area contributed by atoms with Crippen LogP contribution in [0.5, 0.6) is 0 Å². The summed E-state index contributed by atoms with van der Waals surface area (Å²) in [6.45, 7) is 6.40. The van der Waals surface area contributed by atoms with Crippen molar-refractivity contribution in [2.75, 3.05) is 23.4 Å². The quantitative estimate of drug-likeness (QED) is 0.862. The fourth-order valence-electron chi connectivity index (χ4n) is 2.61. The number of hydrogen-bond acceptors (Lipinski definition) is 7. The molecule has 3 rings (SSSR count). The number of hydrogen-bond donors (Lipinski definition) is 1. The van der Waals surface area contributed by atoms with Gasteiger partial charge in [0, 0.05) is 24.6 Å². The molecule has 1 N–H and O–H groups in total. The third-order valence-corrected chi connectivity index (χ3v) is 5.86. The SMILES string of the molecule is CC(=O)N(C[C@H]1CCCO1)c1nc(C)c(C(=O)Nc2ncc(C)s2)s1. The van der Waals surface area contributed by atoms with E-state index in [1.54, 1.807) is 18.0 Å². The molecule has 0 aromatic carbocycles. The van der Waals surface area contributed by atoms with Crippen molar-refractivity contribution in [2.45, 2.75) is 39.7 Å². The lowest BCUT2D eigenvalue weighted by Gasteiger charge is -2.21. The second-order valence-electron chi connectivity index (χ2n) is 5.91. The Bertz CT molecular complexity index is 780. The van der Waals surface area contributed by atoms with E-state index >= 15 is 0 Å². The summed E-state index contributed by atoms with van der Waals surface area (Å²) in [5.41, 5.74) is 0.601. The average Bonchev–Trinajstić information content (AvgIpc) is 3.26. The summed E-state index contributed by atoms with van der Waals surface area (Å²) in [5.74, 6) is -0.358. The summed E-state index contributed by atoms with van der Waals surface area (Å²) in [6, 6.07) is 0. The lowest BCUT2D eigenvalue weighted by atomic mass is 10.2. The monoisotopic (exact) mass is 380 g/mol. The Morgan fingerprint density at radius 1 is 1.40 bits per heavy atom. The van der Waals surface area contributed by atoms with Crippen molar-refractivity contribution < 1.29 is 14.3 Å². The zero-order valence-corrected chi connectivity index (χ0v) is 16.0. The normalized spacial score (nSPS) is 16.8. The number of nitrogens with zero attached hydrogens (tertiary/aromatic N) is 3. The van der Waals surface area contributed by atoms with Gasteiger partial charge in [-0.2, -0.15) is 0 Å². The highest BCUT2D eigenvalue weighted by molar-refractivity contribution is 7.18. The molecule has 1 atom stereocenters. The van der Waals surface area contributed by atoms with Crippen molar-refractivity contribution in [1.82, 2.24) is 9.97 Å². The number of rotatable bonds is 5. The van der Waals surface area contributed by atoms with Crippen molar-refractivity contribution in [3.05, 3.63) is 21.6 Å². The highest BCUT2D eigenvalue weighted by Gasteiger charge is 2.26. The number of ether oxygens (including phenoxy) is 1. The van der Waals surface area contributed by atoms with E-state index in [0.717, 1.165) is 24.3 Å². The summed E-state index contributed by atoms with van der Waals surface area (Å²) in [7, 11) is 0. The predicted octanol–water partition coefficient (Wildman–Crippen LogP) is 3.00. The molecule has 2 aromatic rings. The van der Waals surface area contributed by atoms with Crippen molar-refractivity contribution in [3.8, 4) is 0 Å². The van der Waals surface area contributed by atoms with Gasteiger partial charge < -0.3 is 4.74 Å². The van der Waals surface area contributed by atoms with Crippen molar-refractivity contribution in [1.29, 1.82) is 0 Å². The van der Waals surface area contributed by atoms with Crippen molar-refractivity contribution >= 4 is 44.8 Å². The standard InChI is InChI=1S/C16H20N4O3S2/c1-9-7-17-15(24-9)19-14(22)13-10(2)18-16(25-13)20(11(3)21)8-12-5-4-6-23-12/h7,12H,4-6,8H2,1-3H3,(H,17,19,22)/t12-/m1/s1. The first kappa shape index (κ1) is 18.0. The van der Waals surface area contributed by atoms with Crippen LogP contribution in [-0.4, -0.2) is 41.0 Å². The largest absolute Gasteiger partial charge is 0.376 e. The smallest absolute Gasteiger partial charge is 0.269 e. The maximum absolute atomic E-state index is 12.5. The second kappa shape index (κ2) is 7.59. The summed E-state index contributed by atoms with van der Waals surface area (Å²) < 4.78 is 5.62. The fraction of sp³-hybridized carbons (Fsp3) is 0.500. The number of amides is 2. The lowest BCUT2D eigenvalue weighted by molar-refractivity contribution is -0.116. The van der Waals surface area contributed by atoms with E-state index in [2.05, 4.69) is 15.3 Å². The number of aryl methyl sites for hydroxylation is 2. The van der Waals surface area contributed by atoms with E-state index in [4.69, 9.17) is 4.74 Å². The molecule has 134 valence electrons. The first-order valence-electron chi connectivity index (χ1n) is 8.05. The van der Waals surface area contributed by atoms with Crippen molar-refractivity contribution in [2.24, 2.45) is 0 Å². The van der Waals surface area contributed by atoms with Crippen LogP contribution in [0.25, 0.3) is 0 Å². The van der Waals surface area contributed by atoms with Gasteiger partial charge in [0.25, 0.3) is 5.91 Å². The van der Waals surface area contributed by atoms with E-state index in [1.165, 1.54) is 29.6 Å². The molecule has 2 aromatic heterocycles.